The zero-order valence-corrected chi connectivity index (χ0v) is 4.95. The Labute approximate surface area is 40.5 Å². The number of alkyl halides is 1. The van der Waals surface area contributed by atoms with Crippen LogP contribution >= 0.6 is 22.6 Å². The molecule has 0 saturated carbocycles. The molecule has 0 aromatic rings. The van der Waals surface area contributed by atoms with E-state index >= 15 is 0 Å². The fraction of sp³-hybridized carbons (Fsp3) is 1.00. The molecule has 2 heteroatoms. The molecule has 0 unspecified atom stereocenters. The molecule has 0 atom stereocenters. The molecule has 1 nitrogen and oxygen atoms in total. The van der Waals surface area contributed by atoms with E-state index in [1.807, 2.05) is 0 Å². The van der Waals surface area contributed by atoms with Crippen LogP contribution in [0.1, 0.15) is 6.92 Å². The van der Waals surface area contributed by atoms with E-state index in [-0.39, 0.29) is 6.15 Å². The standard InChI is InChI=1S/C2H5I.H3N/c1-2-3;/h2H2,1H3;1H3. The third-order valence-corrected chi connectivity index (χ3v) is 0. The van der Waals surface area contributed by atoms with Gasteiger partial charge in [-0.1, -0.05) is 29.5 Å². The maximum atomic E-state index is 2.29. The Bertz CT molecular complexity index is 6.00. The maximum absolute atomic E-state index is 2.29. The van der Waals surface area contributed by atoms with Crippen molar-refractivity contribution in [3.8, 4) is 0 Å². The highest BCUT2D eigenvalue weighted by atomic mass is 127. The summed E-state index contributed by atoms with van der Waals surface area (Å²) in [6, 6.07) is 0. The van der Waals surface area contributed by atoms with Crippen molar-refractivity contribution in [1.82, 2.24) is 6.15 Å². The molecular weight excluding hydrogens is 165 g/mol. The molecule has 0 aliphatic rings. The lowest BCUT2D eigenvalue weighted by molar-refractivity contribution is 1.58. The normalized spacial score (nSPS) is 4.50. The summed E-state index contributed by atoms with van der Waals surface area (Å²) in [6.07, 6.45) is 0. The van der Waals surface area contributed by atoms with Crippen molar-refractivity contribution in [1.29, 1.82) is 0 Å². The topological polar surface area (TPSA) is 35.0 Å². The zero-order chi connectivity index (χ0) is 2.71. The Hall–Kier alpha value is 0.690. The average Bonchev–Trinajstić information content (AvgIpc) is 0.918. The van der Waals surface area contributed by atoms with Gasteiger partial charge >= 0.3 is 0 Å². The largest absolute Gasteiger partial charge is 0.344 e. The molecule has 0 aliphatic heterocycles. The van der Waals surface area contributed by atoms with Gasteiger partial charge in [0.15, 0.2) is 0 Å². The van der Waals surface area contributed by atoms with Crippen LogP contribution in [0.2, 0.25) is 0 Å². The molecule has 0 aliphatic carbocycles. The molecule has 0 fully saturated rings. The predicted octanol–water partition coefficient (Wildman–Crippen LogP) is 1.60. The van der Waals surface area contributed by atoms with Crippen LogP contribution in [0.4, 0.5) is 0 Å². The quantitative estimate of drug-likeness (QED) is 0.438. The van der Waals surface area contributed by atoms with Crippen LogP contribution in [-0.2, 0) is 0 Å². The van der Waals surface area contributed by atoms with Crippen LogP contribution in [0.5, 0.6) is 0 Å². The molecule has 4 heavy (non-hydrogen) atoms. The fourth-order valence-corrected chi connectivity index (χ4v) is 0. The van der Waals surface area contributed by atoms with Gasteiger partial charge in [-0.05, 0) is 4.43 Å². The molecule has 0 heterocycles. The predicted molar refractivity (Wildman–Crippen MR) is 29.6 cm³/mol. The number of hydrogen-bond acceptors (Lipinski definition) is 1. The summed E-state index contributed by atoms with van der Waals surface area (Å²) in [4.78, 5) is 0. The van der Waals surface area contributed by atoms with Gasteiger partial charge in [-0.3, -0.25) is 0 Å². The van der Waals surface area contributed by atoms with Crippen molar-refractivity contribution in [2.45, 2.75) is 6.92 Å². The lowest BCUT2D eigenvalue weighted by atomic mass is 11.0. The first-order chi connectivity index (χ1) is 1.41. The SMILES string of the molecule is CCI.N. The minimum Gasteiger partial charge on any atom is -0.344 e. The zero-order valence-electron chi connectivity index (χ0n) is 2.79. The van der Waals surface area contributed by atoms with Crippen LogP contribution < -0.4 is 6.15 Å². The Morgan fingerprint density at radius 2 is 1.75 bits per heavy atom. The van der Waals surface area contributed by atoms with Crippen molar-refractivity contribution in [3.05, 3.63) is 0 Å². The van der Waals surface area contributed by atoms with E-state index in [9.17, 15) is 0 Å². The lowest BCUT2D eigenvalue weighted by Gasteiger charge is -1.45. The highest BCUT2D eigenvalue weighted by Crippen LogP contribution is 1.69. The Morgan fingerprint density at radius 3 is 1.75 bits per heavy atom. The van der Waals surface area contributed by atoms with Crippen molar-refractivity contribution < 1.29 is 0 Å². The molecule has 0 spiro atoms. The molecule has 0 amide bonds. The molecule has 0 aromatic heterocycles. The Balaban J connectivity index is 0. The first-order valence-corrected chi connectivity index (χ1v) is 2.50. The van der Waals surface area contributed by atoms with Crippen molar-refractivity contribution in [3.63, 3.8) is 0 Å². The van der Waals surface area contributed by atoms with Crippen LogP contribution in [0.3, 0.4) is 0 Å². The molecule has 0 saturated heterocycles. The summed E-state index contributed by atoms with van der Waals surface area (Å²) < 4.78 is 1.22. The first kappa shape index (κ1) is 8.83. The van der Waals surface area contributed by atoms with E-state index < -0.39 is 0 Å². The van der Waals surface area contributed by atoms with Gasteiger partial charge in [0.2, 0.25) is 0 Å². The second-order valence-electron chi connectivity index (χ2n) is 0.267. The third-order valence-electron chi connectivity index (χ3n) is 0. The van der Waals surface area contributed by atoms with Crippen LogP contribution in [-0.4, -0.2) is 4.43 Å². The molecule has 0 rings (SSSR count). The average molecular weight is 173 g/mol. The van der Waals surface area contributed by atoms with Gasteiger partial charge in [-0.2, -0.15) is 0 Å². The van der Waals surface area contributed by atoms with E-state index in [1.165, 1.54) is 4.43 Å². The van der Waals surface area contributed by atoms with E-state index in [4.69, 9.17) is 0 Å². The van der Waals surface area contributed by atoms with Gasteiger partial charge in [-0.15, -0.1) is 0 Å². The highest BCUT2D eigenvalue weighted by molar-refractivity contribution is 14.1. The second-order valence-corrected chi connectivity index (χ2v) is 1.79. The smallest absolute Gasteiger partial charge is 0.00332 e. The summed E-state index contributed by atoms with van der Waals surface area (Å²) in [5.41, 5.74) is 0. The van der Waals surface area contributed by atoms with Crippen LogP contribution in [0.15, 0.2) is 0 Å². The van der Waals surface area contributed by atoms with Gasteiger partial charge in [-0.25, -0.2) is 0 Å². The number of rotatable bonds is 0. The van der Waals surface area contributed by atoms with Crippen molar-refractivity contribution in [2.75, 3.05) is 4.43 Å². The number of halogens is 1. The van der Waals surface area contributed by atoms with E-state index in [2.05, 4.69) is 29.5 Å². The summed E-state index contributed by atoms with van der Waals surface area (Å²) in [5.74, 6) is 0. The van der Waals surface area contributed by atoms with Gasteiger partial charge in [0, 0.05) is 0 Å². The van der Waals surface area contributed by atoms with Gasteiger partial charge in [0.25, 0.3) is 0 Å². The summed E-state index contributed by atoms with van der Waals surface area (Å²) in [5, 5.41) is 0. The molecule has 0 bridgehead atoms. The third kappa shape index (κ3) is 16.1. The summed E-state index contributed by atoms with van der Waals surface area (Å²) in [6.45, 7) is 2.11. The van der Waals surface area contributed by atoms with Crippen LogP contribution in [0.25, 0.3) is 0 Å². The van der Waals surface area contributed by atoms with Crippen molar-refractivity contribution in [2.24, 2.45) is 0 Å². The molecular formula is C2H8IN. The highest BCUT2D eigenvalue weighted by Gasteiger charge is 1.38. The molecule has 28 valence electrons. The van der Waals surface area contributed by atoms with Gasteiger partial charge < -0.3 is 6.15 Å². The summed E-state index contributed by atoms with van der Waals surface area (Å²) in [7, 11) is 0. The van der Waals surface area contributed by atoms with E-state index in [1.54, 1.807) is 0 Å². The second kappa shape index (κ2) is 9.35. The number of hydrogen-bond donors (Lipinski definition) is 1. The minimum absolute atomic E-state index is 0. The Kier molecular flexibility index (Phi) is 20.6. The lowest BCUT2D eigenvalue weighted by Crippen LogP contribution is -1.33. The first-order valence-electron chi connectivity index (χ1n) is 0.974. The van der Waals surface area contributed by atoms with E-state index in [0.29, 0.717) is 0 Å². The minimum atomic E-state index is 0. The van der Waals surface area contributed by atoms with E-state index in [0.717, 1.165) is 0 Å². The fourth-order valence-electron chi connectivity index (χ4n) is 0. The Morgan fingerprint density at radius 1 is 1.75 bits per heavy atom. The van der Waals surface area contributed by atoms with Gasteiger partial charge in [0.05, 0.1) is 0 Å². The van der Waals surface area contributed by atoms with Crippen LogP contribution in [0, 0.1) is 0 Å². The molecule has 0 aromatic carbocycles. The summed E-state index contributed by atoms with van der Waals surface area (Å²) >= 11 is 2.29. The maximum Gasteiger partial charge on any atom is -0.00332 e. The van der Waals surface area contributed by atoms with Gasteiger partial charge in [0.1, 0.15) is 0 Å². The van der Waals surface area contributed by atoms with Crippen molar-refractivity contribution >= 4 is 22.6 Å². The monoisotopic (exact) mass is 173 g/mol. The molecule has 0 radical (unpaired) electrons. The molecule has 3 N–H and O–H groups in total.